The number of hydrogen-bond donors (Lipinski definition) is 1. The minimum atomic E-state index is -0.406. The molecule has 4 rings (SSSR count). The summed E-state index contributed by atoms with van der Waals surface area (Å²) in [6.45, 7) is 0.652. The third kappa shape index (κ3) is 5.20. The molecule has 1 heterocycles. The third-order valence-corrected chi connectivity index (χ3v) is 5.04. The Labute approximate surface area is 191 Å². The Morgan fingerprint density at radius 1 is 0.970 bits per heavy atom. The Morgan fingerprint density at radius 3 is 2.42 bits per heavy atom. The van der Waals surface area contributed by atoms with E-state index in [9.17, 15) is 9.18 Å². The second kappa shape index (κ2) is 10.5. The molecule has 0 atom stereocenters. The fourth-order valence-electron chi connectivity index (χ4n) is 3.41. The van der Waals surface area contributed by atoms with Gasteiger partial charge < -0.3 is 14.8 Å². The molecule has 1 N–H and O–H groups in total. The van der Waals surface area contributed by atoms with E-state index in [1.807, 2.05) is 54.6 Å². The molecule has 0 bridgehead atoms. The average molecular weight is 445 g/mol. The smallest absolute Gasteiger partial charge is 0.255 e. The van der Waals surface area contributed by atoms with E-state index >= 15 is 0 Å². The lowest BCUT2D eigenvalue weighted by Crippen LogP contribution is -2.25. The Balaban J connectivity index is 1.50. The SMILES string of the molecule is COc1ccccc1-c1nn(-c2ccccc2)cc1C(=O)NCCCOc1ccccc1F. The summed E-state index contributed by atoms with van der Waals surface area (Å²) >= 11 is 0. The van der Waals surface area contributed by atoms with Crippen LogP contribution in [-0.2, 0) is 0 Å². The van der Waals surface area contributed by atoms with Gasteiger partial charge in [-0.2, -0.15) is 5.10 Å². The lowest BCUT2D eigenvalue weighted by Gasteiger charge is -2.09. The number of methoxy groups -OCH3 is 1. The van der Waals surface area contributed by atoms with Crippen LogP contribution in [0.3, 0.4) is 0 Å². The molecule has 6 nitrogen and oxygen atoms in total. The van der Waals surface area contributed by atoms with Gasteiger partial charge in [-0.05, 0) is 42.8 Å². The van der Waals surface area contributed by atoms with Crippen molar-refractivity contribution in [1.82, 2.24) is 15.1 Å². The number of halogens is 1. The zero-order chi connectivity index (χ0) is 23.0. The molecular weight excluding hydrogens is 421 g/mol. The second-order valence-corrected chi connectivity index (χ2v) is 7.26. The first-order valence-corrected chi connectivity index (χ1v) is 10.6. The van der Waals surface area contributed by atoms with Crippen LogP contribution in [0.15, 0.2) is 85.1 Å². The summed E-state index contributed by atoms with van der Waals surface area (Å²) in [4.78, 5) is 13.1. The zero-order valence-corrected chi connectivity index (χ0v) is 18.2. The predicted octanol–water partition coefficient (Wildman–Crippen LogP) is 4.89. The highest BCUT2D eigenvalue weighted by Crippen LogP contribution is 2.31. The normalized spacial score (nSPS) is 10.6. The Kier molecular flexibility index (Phi) is 6.99. The van der Waals surface area contributed by atoms with Gasteiger partial charge in [0.2, 0.25) is 0 Å². The highest BCUT2D eigenvalue weighted by Gasteiger charge is 2.20. The van der Waals surface area contributed by atoms with Crippen molar-refractivity contribution >= 4 is 5.91 Å². The van der Waals surface area contributed by atoms with E-state index in [-0.39, 0.29) is 18.3 Å². The van der Waals surface area contributed by atoms with E-state index in [2.05, 4.69) is 10.4 Å². The van der Waals surface area contributed by atoms with Crippen molar-refractivity contribution < 1.29 is 18.7 Å². The molecule has 0 aliphatic carbocycles. The first-order chi connectivity index (χ1) is 16.2. The molecule has 0 aliphatic heterocycles. The summed E-state index contributed by atoms with van der Waals surface area (Å²) < 4.78 is 26.3. The van der Waals surface area contributed by atoms with Gasteiger partial charge in [0.15, 0.2) is 11.6 Å². The number of ether oxygens (including phenoxy) is 2. The minimum Gasteiger partial charge on any atom is -0.496 e. The number of nitrogens with one attached hydrogen (secondary N) is 1. The number of amides is 1. The molecule has 3 aromatic carbocycles. The largest absolute Gasteiger partial charge is 0.496 e. The molecule has 0 aliphatic rings. The van der Waals surface area contributed by atoms with Crippen LogP contribution in [-0.4, -0.2) is 35.9 Å². The number of carbonyl (C=O) groups is 1. The first-order valence-electron chi connectivity index (χ1n) is 10.6. The van der Waals surface area contributed by atoms with Crippen molar-refractivity contribution in [3.63, 3.8) is 0 Å². The van der Waals surface area contributed by atoms with E-state index in [0.717, 1.165) is 11.3 Å². The number of para-hydroxylation sites is 3. The zero-order valence-electron chi connectivity index (χ0n) is 18.2. The van der Waals surface area contributed by atoms with E-state index in [0.29, 0.717) is 30.0 Å². The molecule has 168 valence electrons. The van der Waals surface area contributed by atoms with Gasteiger partial charge in [-0.15, -0.1) is 0 Å². The highest BCUT2D eigenvalue weighted by molar-refractivity contribution is 6.00. The number of carbonyl (C=O) groups excluding carboxylic acids is 1. The van der Waals surface area contributed by atoms with Crippen LogP contribution < -0.4 is 14.8 Å². The van der Waals surface area contributed by atoms with Gasteiger partial charge in [0.1, 0.15) is 11.4 Å². The molecule has 1 amide bonds. The van der Waals surface area contributed by atoms with Crippen LogP contribution in [0.4, 0.5) is 4.39 Å². The number of hydrogen-bond acceptors (Lipinski definition) is 4. The van der Waals surface area contributed by atoms with E-state index < -0.39 is 5.82 Å². The molecule has 33 heavy (non-hydrogen) atoms. The third-order valence-electron chi connectivity index (χ3n) is 5.04. The van der Waals surface area contributed by atoms with Gasteiger partial charge in [-0.1, -0.05) is 42.5 Å². The fraction of sp³-hybridized carbons (Fsp3) is 0.154. The number of benzene rings is 3. The van der Waals surface area contributed by atoms with Gasteiger partial charge in [0, 0.05) is 18.3 Å². The van der Waals surface area contributed by atoms with Crippen molar-refractivity contribution in [2.24, 2.45) is 0 Å². The van der Waals surface area contributed by atoms with E-state index in [1.165, 1.54) is 6.07 Å². The lowest BCUT2D eigenvalue weighted by atomic mass is 10.1. The molecule has 0 spiro atoms. The summed E-state index contributed by atoms with van der Waals surface area (Å²) in [6.07, 6.45) is 2.24. The fourth-order valence-corrected chi connectivity index (χ4v) is 3.41. The Morgan fingerprint density at radius 2 is 1.67 bits per heavy atom. The van der Waals surface area contributed by atoms with Crippen molar-refractivity contribution in [2.45, 2.75) is 6.42 Å². The van der Waals surface area contributed by atoms with Crippen LogP contribution in [0.25, 0.3) is 16.9 Å². The van der Waals surface area contributed by atoms with Gasteiger partial charge >= 0.3 is 0 Å². The van der Waals surface area contributed by atoms with E-state index in [1.54, 1.807) is 36.2 Å². The molecule has 0 saturated heterocycles. The molecule has 7 heteroatoms. The topological polar surface area (TPSA) is 65.4 Å². The molecule has 4 aromatic rings. The maximum Gasteiger partial charge on any atom is 0.255 e. The molecule has 0 fully saturated rings. The Hall–Kier alpha value is -4.13. The van der Waals surface area contributed by atoms with Crippen LogP contribution >= 0.6 is 0 Å². The van der Waals surface area contributed by atoms with Crippen molar-refractivity contribution in [2.75, 3.05) is 20.3 Å². The van der Waals surface area contributed by atoms with Crippen molar-refractivity contribution in [3.8, 4) is 28.4 Å². The van der Waals surface area contributed by atoms with Crippen molar-refractivity contribution in [1.29, 1.82) is 0 Å². The maximum atomic E-state index is 13.6. The van der Waals surface area contributed by atoms with Crippen LogP contribution in [0.2, 0.25) is 0 Å². The van der Waals surface area contributed by atoms with Gasteiger partial charge in [-0.25, -0.2) is 9.07 Å². The quantitative estimate of drug-likeness (QED) is 0.373. The van der Waals surface area contributed by atoms with Crippen molar-refractivity contribution in [3.05, 3.63) is 96.4 Å². The van der Waals surface area contributed by atoms with Gasteiger partial charge in [0.25, 0.3) is 5.91 Å². The monoisotopic (exact) mass is 445 g/mol. The van der Waals surface area contributed by atoms with Gasteiger partial charge in [-0.3, -0.25) is 4.79 Å². The lowest BCUT2D eigenvalue weighted by molar-refractivity contribution is 0.0952. The summed E-state index contributed by atoms with van der Waals surface area (Å²) in [5.41, 5.74) is 2.52. The second-order valence-electron chi connectivity index (χ2n) is 7.26. The first kappa shape index (κ1) is 22.1. The van der Waals surface area contributed by atoms with Crippen LogP contribution in [0.5, 0.6) is 11.5 Å². The predicted molar refractivity (Wildman–Crippen MR) is 124 cm³/mol. The summed E-state index contributed by atoms with van der Waals surface area (Å²) in [7, 11) is 1.59. The number of rotatable bonds is 9. The highest BCUT2D eigenvalue weighted by atomic mass is 19.1. The standard InChI is InChI=1S/C26H24FN3O3/c1-32-23-14-7-5-12-20(23)25-21(18-30(29-25)19-10-3-2-4-11-19)26(31)28-16-9-17-33-24-15-8-6-13-22(24)27/h2-8,10-15,18H,9,16-17H2,1H3,(H,28,31). The maximum absolute atomic E-state index is 13.6. The van der Waals surface area contributed by atoms with Crippen LogP contribution in [0, 0.1) is 5.82 Å². The molecule has 0 saturated carbocycles. The molecule has 0 unspecified atom stereocenters. The van der Waals surface area contributed by atoms with Gasteiger partial charge in [0.05, 0.1) is 25.0 Å². The summed E-state index contributed by atoms with van der Waals surface area (Å²) in [6, 6.07) is 23.3. The minimum absolute atomic E-state index is 0.200. The average Bonchev–Trinajstić information content (AvgIpc) is 3.31. The molecule has 0 radical (unpaired) electrons. The van der Waals surface area contributed by atoms with Crippen LogP contribution in [0.1, 0.15) is 16.8 Å². The number of aromatic nitrogens is 2. The molecular formula is C26H24FN3O3. The summed E-state index contributed by atoms with van der Waals surface area (Å²) in [5, 5.41) is 7.59. The number of nitrogens with zero attached hydrogens (tertiary/aromatic N) is 2. The Bertz CT molecular complexity index is 1220. The summed E-state index contributed by atoms with van der Waals surface area (Å²) in [5.74, 6) is 0.162. The molecule has 1 aromatic heterocycles. The van der Waals surface area contributed by atoms with E-state index in [4.69, 9.17) is 9.47 Å².